The van der Waals surface area contributed by atoms with E-state index in [9.17, 15) is 5.26 Å². The van der Waals surface area contributed by atoms with Crippen LogP contribution in [-0.2, 0) is 0 Å². The Morgan fingerprint density at radius 2 is 2.22 bits per heavy atom. The molecule has 0 amide bonds. The van der Waals surface area contributed by atoms with Crippen LogP contribution in [0.5, 0.6) is 0 Å². The third-order valence-corrected chi connectivity index (χ3v) is 4.98. The Hall–Kier alpha value is -0.200. The lowest BCUT2D eigenvalue weighted by molar-refractivity contribution is 0.284. The number of nitrogens with zero attached hydrogens (tertiary/aromatic N) is 1. The predicted octanol–water partition coefficient (Wildman–Crippen LogP) is 4.11. The zero-order valence-corrected chi connectivity index (χ0v) is 13.0. The summed E-state index contributed by atoms with van der Waals surface area (Å²) in [5, 5.41) is 13.7. The summed E-state index contributed by atoms with van der Waals surface area (Å²) in [6.07, 6.45) is 8.50. The molecule has 1 rings (SSSR count). The summed E-state index contributed by atoms with van der Waals surface area (Å²) in [6.45, 7) is 6.52. The quantitative estimate of drug-likeness (QED) is 0.706. The summed E-state index contributed by atoms with van der Waals surface area (Å²) in [6, 6.07) is 2.95. The van der Waals surface area contributed by atoms with Gasteiger partial charge < -0.3 is 0 Å². The summed E-state index contributed by atoms with van der Waals surface area (Å²) in [5.74, 6) is 1.27. The number of hydrogen-bond acceptors (Lipinski definition) is 3. The first-order chi connectivity index (χ1) is 8.62. The molecule has 0 aromatic carbocycles. The van der Waals surface area contributed by atoms with Gasteiger partial charge in [-0.15, -0.1) is 0 Å². The molecule has 18 heavy (non-hydrogen) atoms. The highest BCUT2D eigenvalue weighted by atomic mass is 32.2. The summed E-state index contributed by atoms with van der Waals surface area (Å²) < 4.78 is 0. The molecule has 0 radical (unpaired) electrons. The number of thioether (sulfide) groups is 1. The lowest BCUT2D eigenvalue weighted by atomic mass is 9.82. The normalized spacial score (nSPS) is 28.3. The van der Waals surface area contributed by atoms with E-state index < -0.39 is 0 Å². The van der Waals surface area contributed by atoms with Crippen LogP contribution in [0.4, 0.5) is 0 Å². The molecule has 0 heterocycles. The third-order valence-electron chi connectivity index (χ3n) is 3.59. The maximum absolute atomic E-state index is 9.50. The van der Waals surface area contributed by atoms with Gasteiger partial charge in [0, 0.05) is 11.3 Å². The minimum atomic E-state index is -0.255. The van der Waals surface area contributed by atoms with E-state index in [1.807, 2.05) is 0 Å². The molecule has 1 N–H and O–H groups in total. The lowest BCUT2D eigenvalue weighted by Crippen LogP contribution is -2.51. The monoisotopic (exact) mass is 268 g/mol. The Morgan fingerprint density at radius 1 is 1.44 bits per heavy atom. The molecule has 3 heteroatoms. The fourth-order valence-corrected chi connectivity index (χ4v) is 4.23. The van der Waals surface area contributed by atoms with Crippen LogP contribution in [0.2, 0.25) is 0 Å². The van der Waals surface area contributed by atoms with Gasteiger partial charge in [-0.2, -0.15) is 17.0 Å². The first-order valence-corrected chi connectivity index (χ1v) is 8.47. The molecule has 0 aromatic heterocycles. The van der Waals surface area contributed by atoms with E-state index in [4.69, 9.17) is 0 Å². The van der Waals surface area contributed by atoms with Crippen molar-refractivity contribution in [3.63, 3.8) is 0 Å². The summed E-state index contributed by atoms with van der Waals surface area (Å²) >= 11 is 2.09. The van der Waals surface area contributed by atoms with Crippen molar-refractivity contribution in [2.45, 2.75) is 82.5 Å². The number of nitrogens with one attached hydrogen (secondary N) is 1. The van der Waals surface area contributed by atoms with Crippen molar-refractivity contribution >= 4 is 11.8 Å². The van der Waals surface area contributed by atoms with E-state index in [2.05, 4.69) is 43.9 Å². The molecular weight excluding hydrogens is 240 g/mol. The van der Waals surface area contributed by atoms with Crippen LogP contribution in [0.3, 0.4) is 0 Å². The Kier molecular flexibility index (Phi) is 7.11. The Morgan fingerprint density at radius 3 is 2.83 bits per heavy atom. The second-order valence-electron chi connectivity index (χ2n) is 5.79. The van der Waals surface area contributed by atoms with Crippen molar-refractivity contribution in [3.05, 3.63) is 0 Å². The third kappa shape index (κ3) is 5.20. The van der Waals surface area contributed by atoms with E-state index in [0.29, 0.717) is 11.3 Å². The molecule has 1 saturated carbocycles. The zero-order chi connectivity index (χ0) is 13.4. The second kappa shape index (κ2) is 8.07. The maximum atomic E-state index is 9.50. The minimum Gasteiger partial charge on any atom is -0.297 e. The average molecular weight is 268 g/mol. The molecule has 0 aromatic rings. The van der Waals surface area contributed by atoms with E-state index in [-0.39, 0.29) is 5.54 Å². The Balaban J connectivity index is 2.41. The smallest absolute Gasteiger partial charge is 0.108 e. The number of unbranched alkanes of at least 4 members (excludes halogenated alkanes) is 2. The molecule has 2 nitrogen and oxygen atoms in total. The topological polar surface area (TPSA) is 35.8 Å². The fourth-order valence-electron chi connectivity index (χ4n) is 2.79. The predicted molar refractivity (Wildman–Crippen MR) is 80.9 cm³/mol. The van der Waals surface area contributed by atoms with Gasteiger partial charge >= 0.3 is 0 Å². The molecule has 2 unspecified atom stereocenters. The Bertz CT molecular complexity index is 272. The van der Waals surface area contributed by atoms with Crippen LogP contribution >= 0.6 is 11.8 Å². The largest absolute Gasteiger partial charge is 0.297 e. The summed E-state index contributed by atoms with van der Waals surface area (Å²) in [5.41, 5.74) is -0.255. The van der Waals surface area contributed by atoms with Crippen molar-refractivity contribution in [1.82, 2.24) is 5.32 Å². The highest BCUT2D eigenvalue weighted by Crippen LogP contribution is 2.35. The molecule has 0 spiro atoms. The summed E-state index contributed by atoms with van der Waals surface area (Å²) in [7, 11) is 0. The van der Waals surface area contributed by atoms with Gasteiger partial charge in [-0.05, 0) is 51.7 Å². The average Bonchev–Trinajstić information content (AvgIpc) is 2.34. The molecule has 0 bridgehead atoms. The van der Waals surface area contributed by atoms with Gasteiger partial charge in [0.05, 0.1) is 6.07 Å². The second-order valence-corrected chi connectivity index (χ2v) is 7.20. The van der Waals surface area contributed by atoms with Crippen molar-refractivity contribution in [2.75, 3.05) is 5.75 Å². The van der Waals surface area contributed by atoms with Crippen molar-refractivity contribution < 1.29 is 0 Å². The molecule has 2 atom stereocenters. The number of rotatable bonds is 7. The molecular formula is C15H28N2S. The zero-order valence-electron chi connectivity index (χ0n) is 12.2. The summed E-state index contributed by atoms with van der Waals surface area (Å²) in [4.78, 5) is 0. The van der Waals surface area contributed by atoms with E-state index in [1.165, 1.54) is 37.9 Å². The van der Waals surface area contributed by atoms with E-state index >= 15 is 0 Å². The van der Waals surface area contributed by atoms with Crippen LogP contribution in [-0.4, -0.2) is 22.6 Å². The van der Waals surface area contributed by atoms with E-state index in [1.54, 1.807) is 0 Å². The highest BCUT2D eigenvalue weighted by Gasteiger charge is 2.36. The van der Waals surface area contributed by atoms with Gasteiger partial charge in [-0.3, -0.25) is 5.32 Å². The molecule has 0 aliphatic heterocycles. The van der Waals surface area contributed by atoms with E-state index in [0.717, 1.165) is 12.8 Å². The molecule has 104 valence electrons. The maximum Gasteiger partial charge on any atom is 0.108 e. The van der Waals surface area contributed by atoms with Gasteiger partial charge in [-0.25, -0.2) is 0 Å². The van der Waals surface area contributed by atoms with Crippen LogP contribution < -0.4 is 5.32 Å². The van der Waals surface area contributed by atoms with Crippen molar-refractivity contribution in [1.29, 1.82) is 5.26 Å². The standard InChI is InChI=1S/C15H28N2S/c1-4-5-6-10-18-14-8-7-9-15(11-14,12-16)17-13(2)3/h13-14,17H,4-11H2,1-3H3. The molecule has 1 aliphatic rings. The van der Waals surface area contributed by atoms with Gasteiger partial charge in [0.2, 0.25) is 0 Å². The van der Waals surface area contributed by atoms with Crippen molar-refractivity contribution in [2.24, 2.45) is 0 Å². The highest BCUT2D eigenvalue weighted by molar-refractivity contribution is 7.99. The van der Waals surface area contributed by atoms with Crippen molar-refractivity contribution in [3.8, 4) is 6.07 Å². The minimum absolute atomic E-state index is 0.255. The number of hydrogen-bond donors (Lipinski definition) is 1. The van der Waals surface area contributed by atoms with Crippen LogP contribution in [0.25, 0.3) is 0 Å². The SMILES string of the molecule is CCCCCSC1CCCC(C#N)(NC(C)C)C1. The Labute approximate surface area is 117 Å². The van der Waals surface area contributed by atoms with Crippen LogP contribution in [0, 0.1) is 11.3 Å². The fraction of sp³-hybridized carbons (Fsp3) is 0.933. The van der Waals surface area contributed by atoms with Gasteiger partial charge in [-0.1, -0.05) is 19.8 Å². The first-order valence-electron chi connectivity index (χ1n) is 7.42. The molecule has 0 saturated heterocycles. The molecule has 1 fully saturated rings. The number of nitriles is 1. The first kappa shape index (κ1) is 15.9. The van der Waals surface area contributed by atoms with Crippen LogP contribution in [0.1, 0.15) is 65.7 Å². The lowest BCUT2D eigenvalue weighted by Gasteiger charge is -2.37. The van der Waals surface area contributed by atoms with Crippen LogP contribution in [0.15, 0.2) is 0 Å². The molecule has 1 aliphatic carbocycles. The van der Waals surface area contributed by atoms with Gasteiger partial charge in [0.15, 0.2) is 0 Å². The van der Waals surface area contributed by atoms with Gasteiger partial charge in [0.25, 0.3) is 0 Å². The van der Waals surface area contributed by atoms with Gasteiger partial charge in [0.1, 0.15) is 5.54 Å².